The van der Waals surface area contributed by atoms with Crippen LogP contribution in [0.2, 0.25) is 0 Å². The van der Waals surface area contributed by atoms with E-state index in [0.29, 0.717) is 5.92 Å². The maximum absolute atomic E-state index is 4.27. The second kappa shape index (κ2) is 4.12. The highest BCUT2D eigenvalue weighted by atomic mass is 15.3. The van der Waals surface area contributed by atoms with E-state index in [2.05, 4.69) is 25.1 Å². The number of nitrogens with zero attached hydrogens (tertiary/aromatic N) is 6. The average Bonchev–Trinajstić information content (AvgIpc) is 2.98. The van der Waals surface area contributed by atoms with Gasteiger partial charge in [-0.25, -0.2) is 9.97 Å². The van der Waals surface area contributed by atoms with Crippen LogP contribution in [0, 0.1) is 0 Å². The van der Waals surface area contributed by atoms with Crippen LogP contribution in [0.5, 0.6) is 0 Å². The van der Waals surface area contributed by atoms with Gasteiger partial charge in [-0.05, 0) is 12.5 Å². The Morgan fingerprint density at radius 1 is 1.29 bits per heavy atom. The van der Waals surface area contributed by atoms with Crippen LogP contribution < -0.4 is 4.90 Å². The van der Waals surface area contributed by atoms with E-state index in [0.717, 1.165) is 31.3 Å². The molecule has 1 unspecified atom stereocenters. The van der Waals surface area contributed by atoms with Crippen LogP contribution in [0.1, 0.15) is 18.2 Å². The molecule has 88 valence electrons. The minimum absolute atomic E-state index is 0.423. The van der Waals surface area contributed by atoms with Crippen molar-refractivity contribution in [1.82, 2.24) is 24.7 Å². The summed E-state index contributed by atoms with van der Waals surface area (Å²) in [5.74, 6) is 2.27. The van der Waals surface area contributed by atoms with E-state index in [1.807, 2.05) is 17.7 Å². The molecule has 0 spiro atoms. The van der Waals surface area contributed by atoms with Gasteiger partial charge in [0.25, 0.3) is 0 Å². The van der Waals surface area contributed by atoms with Crippen molar-refractivity contribution in [2.24, 2.45) is 7.05 Å². The molecule has 1 fully saturated rings. The normalized spacial score (nSPS) is 19.8. The SMILES string of the molecule is Cn1cnnc1C1CCN(c2ncccn2)C1. The van der Waals surface area contributed by atoms with Gasteiger partial charge >= 0.3 is 0 Å². The number of aromatic nitrogens is 5. The molecule has 1 saturated heterocycles. The number of hydrogen-bond acceptors (Lipinski definition) is 5. The molecule has 1 atom stereocenters. The highest BCUT2D eigenvalue weighted by Gasteiger charge is 2.28. The van der Waals surface area contributed by atoms with Gasteiger partial charge in [0, 0.05) is 38.4 Å². The number of rotatable bonds is 2. The zero-order valence-electron chi connectivity index (χ0n) is 9.69. The topological polar surface area (TPSA) is 59.7 Å². The Kier molecular flexibility index (Phi) is 2.47. The van der Waals surface area contributed by atoms with Gasteiger partial charge in [0.2, 0.25) is 5.95 Å². The third-order valence-electron chi connectivity index (χ3n) is 3.13. The molecule has 0 saturated carbocycles. The van der Waals surface area contributed by atoms with Gasteiger partial charge in [-0.3, -0.25) is 0 Å². The predicted molar refractivity (Wildman–Crippen MR) is 62.6 cm³/mol. The van der Waals surface area contributed by atoms with Gasteiger partial charge in [-0.15, -0.1) is 10.2 Å². The molecule has 0 N–H and O–H groups in total. The second-order valence-electron chi connectivity index (χ2n) is 4.28. The first-order valence-corrected chi connectivity index (χ1v) is 5.70. The predicted octanol–water partition coefficient (Wildman–Crippen LogP) is 0.599. The van der Waals surface area contributed by atoms with E-state index in [-0.39, 0.29) is 0 Å². The number of aryl methyl sites for hydroxylation is 1. The minimum Gasteiger partial charge on any atom is -0.340 e. The Morgan fingerprint density at radius 3 is 2.82 bits per heavy atom. The fraction of sp³-hybridized carbons (Fsp3) is 0.455. The number of hydrogen-bond donors (Lipinski definition) is 0. The van der Waals surface area contributed by atoms with Crippen LogP contribution >= 0.6 is 0 Å². The molecule has 3 heterocycles. The highest BCUT2D eigenvalue weighted by Crippen LogP contribution is 2.27. The zero-order valence-corrected chi connectivity index (χ0v) is 9.69. The van der Waals surface area contributed by atoms with Crippen molar-refractivity contribution in [3.63, 3.8) is 0 Å². The van der Waals surface area contributed by atoms with Crippen LogP contribution in [-0.2, 0) is 7.05 Å². The summed E-state index contributed by atoms with van der Waals surface area (Å²) < 4.78 is 1.99. The van der Waals surface area contributed by atoms with Gasteiger partial charge < -0.3 is 9.47 Å². The van der Waals surface area contributed by atoms with Crippen LogP contribution in [0.3, 0.4) is 0 Å². The Bertz CT molecular complexity index is 494. The average molecular weight is 230 g/mol. The molecule has 6 nitrogen and oxygen atoms in total. The van der Waals surface area contributed by atoms with E-state index in [1.165, 1.54) is 0 Å². The van der Waals surface area contributed by atoms with Gasteiger partial charge in [0.1, 0.15) is 12.2 Å². The Balaban J connectivity index is 1.77. The summed E-state index contributed by atoms with van der Waals surface area (Å²) in [4.78, 5) is 10.7. The van der Waals surface area contributed by atoms with Gasteiger partial charge in [0.15, 0.2) is 0 Å². The van der Waals surface area contributed by atoms with Crippen molar-refractivity contribution in [3.05, 3.63) is 30.6 Å². The third kappa shape index (κ3) is 1.86. The smallest absolute Gasteiger partial charge is 0.225 e. The monoisotopic (exact) mass is 230 g/mol. The second-order valence-corrected chi connectivity index (χ2v) is 4.28. The van der Waals surface area contributed by atoms with E-state index in [1.54, 1.807) is 18.7 Å². The molecular weight excluding hydrogens is 216 g/mol. The molecule has 6 heteroatoms. The summed E-state index contributed by atoms with van der Waals surface area (Å²) in [5, 5.41) is 8.10. The highest BCUT2D eigenvalue weighted by molar-refractivity contribution is 5.32. The maximum atomic E-state index is 4.27. The first-order chi connectivity index (χ1) is 8.34. The molecule has 0 aromatic carbocycles. The van der Waals surface area contributed by atoms with Crippen LogP contribution in [0.15, 0.2) is 24.8 Å². The van der Waals surface area contributed by atoms with E-state index >= 15 is 0 Å². The van der Waals surface area contributed by atoms with Crippen LogP contribution in [0.4, 0.5) is 5.95 Å². The Hall–Kier alpha value is -1.98. The lowest BCUT2D eigenvalue weighted by Gasteiger charge is -2.15. The summed E-state index contributed by atoms with van der Waals surface area (Å²) >= 11 is 0. The maximum Gasteiger partial charge on any atom is 0.225 e. The lowest BCUT2D eigenvalue weighted by molar-refractivity contribution is 0.662. The minimum atomic E-state index is 0.423. The number of anilines is 1. The van der Waals surface area contributed by atoms with Crippen molar-refractivity contribution in [2.45, 2.75) is 12.3 Å². The third-order valence-corrected chi connectivity index (χ3v) is 3.13. The van der Waals surface area contributed by atoms with Crippen molar-refractivity contribution in [1.29, 1.82) is 0 Å². The molecule has 17 heavy (non-hydrogen) atoms. The fourth-order valence-electron chi connectivity index (χ4n) is 2.27. The molecule has 3 rings (SSSR count). The standard InChI is InChI=1S/C11H14N6/c1-16-8-14-15-10(16)9-3-6-17(7-9)11-12-4-2-5-13-11/h2,4-5,8-9H,3,6-7H2,1H3. The Morgan fingerprint density at radius 2 is 2.12 bits per heavy atom. The molecule has 2 aromatic heterocycles. The first kappa shape index (κ1) is 10.2. The van der Waals surface area contributed by atoms with Crippen LogP contribution in [0.25, 0.3) is 0 Å². The van der Waals surface area contributed by atoms with Crippen LogP contribution in [-0.4, -0.2) is 37.8 Å². The summed E-state index contributed by atoms with van der Waals surface area (Å²) in [5.41, 5.74) is 0. The molecule has 0 aliphatic carbocycles. The molecule has 2 aromatic rings. The quantitative estimate of drug-likeness (QED) is 0.756. The largest absolute Gasteiger partial charge is 0.340 e. The summed E-state index contributed by atoms with van der Waals surface area (Å²) in [6.07, 6.45) is 6.37. The lowest BCUT2D eigenvalue weighted by atomic mass is 10.1. The molecular formula is C11H14N6. The lowest BCUT2D eigenvalue weighted by Crippen LogP contribution is -2.22. The van der Waals surface area contributed by atoms with Crippen molar-refractivity contribution in [2.75, 3.05) is 18.0 Å². The van der Waals surface area contributed by atoms with Gasteiger partial charge in [0.05, 0.1) is 0 Å². The molecule has 1 aliphatic heterocycles. The summed E-state index contributed by atoms with van der Waals surface area (Å²) in [6.45, 7) is 1.89. The zero-order chi connectivity index (χ0) is 11.7. The van der Waals surface area contributed by atoms with E-state index < -0.39 is 0 Å². The summed E-state index contributed by atoms with van der Waals surface area (Å²) in [7, 11) is 1.98. The molecule has 1 aliphatic rings. The van der Waals surface area contributed by atoms with E-state index in [4.69, 9.17) is 0 Å². The fourth-order valence-corrected chi connectivity index (χ4v) is 2.27. The summed E-state index contributed by atoms with van der Waals surface area (Å²) in [6, 6.07) is 1.83. The van der Waals surface area contributed by atoms with E-state index in [9.17, 15) is 0 Å². The van der Waals surface area contributed by atoms with Crippen molar-refractivity contribution >= 4 is 5.95 Å². The molecule has 0 radical (unpaired) electrons. The van der Waals surface area contributed by atoms with Crippen molar-refractivity contribution < 1.29 is 0 Å². The Labute approximate surface area is 99.3 Å². The molecule has 0 amide bonds. The van der Waals surface area contributed by atoms with Gasteiger partial charge in [-0.2, -0.15) is 0 Å². The van der Waals surface area contributed by atoms with Crippen molar-refractivity contribution in [3.8, 4) is 0 Å². The molecule has 0 bridgehead atoms. The first-order valence-electron chi connectivity index (χ1n) is 5.70. The van der Waals surface area contributed by atoms with Gasteiger partial charge in [-0.1, -0.05) is 0 Å².